The van der Waals surface area contributed by atoms with Crippen LogP contribution in [0.5, 0.6) is 0 Å². The molecule has 1 heterocycles. The largest absolute Gasteiger partial charge is 0.386 e. The van der Waals surface area contributed by atoms with E-state index in [1.54, 1.807) is 26.2 Å². The van der Waals surface area contributed by atoms with E-state index in [2.05, 4.69) is 27.8 Å². The number of halogens is 2. The molecule has 1 aromatic heterocycles. The molecule has 2 bridgehead atoms. The van der Waals surface area contributed by atoms with Crippen LogP contribution in [0.25, 0.3) is 33.7 Å². The SMILES string of the molecule is CNc1cc(-c2[nH]c(-c3ccc(F)c(NC)c3)c3c2C2=CC=C3C2)ccc1F. The second-order valence-electron chi connectivity index (χ2n) is 7.07. The first-order valence-corrected chi connectivity index (χ1v) is 9.22. The van der Waals surface area contributed by atoms with Gasteiger partial charge in [-0.2, -0.15) is 0 Å². The normalized spacial score (nSPS) is 14.0. The van der Waals surface area contributed by atoms with Gasteiger partial charge in [0.25, 0.3) is 0 Å². The molecule has 2 aliphatic carbocycles. The zero-order valence-electron chi connectivity index (χ0n) is 15.6. The van der Waals surface area contributed by atoms with Crippen molar-refractivity contribution in [1.29, 1.82) is 0 Å². The maximum absolute atomic E-state index is 14.0. The molecule has 0 unspecified atom stereocenters. The average molecular weight is 375 g/mol. The minimum absolute atomic E-state index is 0.282. The molecule has 3 N–H and O–H groups in total. The molecule has 2 aliphatic rings. The molecule has 0 radical (unpaired) electrons. The highest BCUT2D eigenvalue weighted by Crippen LogP contribution is 2.53. The second kappa shape index (κ2) is 6.09. The lowest BCUT2D eigenvalue weighted by atomic mass is 9.98. The molecule has 0 aliphatic heterocycles. The zero-order valence-corrected chi connectivity index (χ0v) is 15.6. The maximum Gasteiger partial charge on any atom is 0.146 e. The van der Waals surface area contributed by atoms with Gasteiger partial charge in [-0.1, -0.05) is 12.2 Å². The number of aromatic amines is 1. The number of allylic oxidation sites excluding steroid dienone is 4. The van der Waals surface area contributed by atoms with Gasteiger partial charge in [0.05, 0.1) is 22.8 Å². The van der Waals surface area contributed by atoms with Crippen molar-refractivity contribution in [1.82, 2.24) is 4.98 Å². The first-order chi connectivity index (χ1) is 13.6. The molecular formula is C23H19F2N3. The Balaban J connectivity index is 1.74. The lowest BCUT2D eigenvalue weighted by Crippen LogP contribution is -1.94. The van der Waals surface area contributed by atoms with Crippen LogP contribution in [-0.4, -0.2) is 19.1 Å². The summed E-state index contributed by atoms with van der Waals surface area (Å²) in [5.41, 5.74) is 9.51. The van der Waals surface area contributed by atoms with E-state index in [1.807, 2.05) is 12.1 Å². The van der Waals surface area contributed by atoms with Gasteiger partial charge in [0.15, 0.2) is 0 Å². The second-order valence-corrected chi connectivity index (χ2v) is 7.07. The fraction of sp³-hybridized carbons (Fsp3) is 0.130. The molecule has 0 saturated heterocycles. The summed E-state index contributed by atoms with van der Waals surface area (Å²) >= 11 is 0. The van der Waals surface area contributed by atoms with Crippen LogP contribution in [0.15, 0.2) is 48.6 Å². The minimum atomic E-state index is -0.282. The Morgan fingerprint density at radius 2 is 1.21 bits per heavy atom. The van der Waals surface area contributed by atoms with Crippen LogP contribution in [0.1, 0.15) is 17.5 Å². The molecule has 140 valence electrons. The molecule has 5 heteroatoms. The number of rotatable bonds is 4. The minimum Gasteiger partial charge on any atom is -0.386 e. The van der Waals surface area contributed by atoms with E-state index in [0.717, 1.165) is 40.1 Å². The van der Waals surface area contributed by atoms with Crippen LogP contribution in [0.3, 0.4) is 0 Å². The van der Waals surface area contributed by atoms with Gasteiger partial charge < -0.3 is 15.6 Å². The van der Waals surface area contributed by atoms with Crippen molar-refractivity contribution < 1.29 is 8.78 Å². The third-order valence-electron chi connectivity index (χ3n) is 5.56. The molecule has 0 saturated carbocycles. The van der Waals surface area contributed by atoms with Crippen molar-refractivity contribution in [3.8, 4) is 22.5 Å². The van der Waals surface area contributed by atoms with Gasteiger partial charge in [0.2, 0.25) is 0 Å². The van der Waals surface area contributed by atoms with Gasteiger partial charge in [-0.15, -0.1) is 0 Å². The van der Waals surface area contributed by atoms with Crippen LogP contribution < -0.4 is 10.6 Å². The van der Waals surface area contributed by atoms with Crippen molar-refractivity contribution in [2.24, 2.45) is 0 Å². The van der Waals surface area contributed by atoms with Crippen LogP contribution in [0.2, 0.25) is 0 Å². The Bertz CT molecular complexity index is 1090. The number of hydrogen-bond donors (Lipinski definition) is 3. The summed E-state index contributed by atoms with van der Waals surface area (Å²) in [5.74, 6) is -0.564. The first-order valence-electron chi connectivity index (χ1n) is 9.22. The number of aromatic nitrogens is 1. The predicted molar refractivity (Wildman–Crippen MR) is 111 cm³/mol. The van der Waals surface area contributed by atoms with Crippen LogP contribution in [0.4, 0.5) is 20.2 Å². The number of anilines is 2. The highest BCUT2D eigenvalue weighted by molar-refractivity contribution is 6.07. The van der Waals surface area contributed by atoms with E-state index in [4.69, 9.17) is 0 Å². The summed E-state index contributed by atoms with van der Waals surface area (Å²) in [6.07, 6.45) is 5.19. The molecule has 2 aromatic carbocycles. The van der Waals surface area contributed by atoms with Crippen LogP contribution >= 0.6 is 0 Å². The highest BCUT2D eigenvalue weighted by Gasteiger charge is 2.33. The van der Waals surface area contributed by atoms with Gasteiger partial charge in [0.1, 0.15) is 11.6 Å². The quantitative estimate of drug-likeness (QED) is 0.532. The van der Waals surface area contributed by atoms with E-state index in [9.17, 15) is 8.78 Å². The third kappa shape index (κ3) is 2.32. The topological polar surface area (TPSA) is 39.9 Å². The number of benzene rings is 2. The fourth-order valence-electron chi connectivity index (χ4n) is 4.19. The molecular weight excluding hydrogens is 356 g/mol. The van der Waals surface area contributed by atoms with Crippen molar-refractivity contribution in [2.45, 2.75) is 6.42 Å². The molecule has 3 nitrogen and oxygen atoms in total. The van der Waals surface area contributed by atoms with Gasteiger partial charge in [0, 0.05) is 36.3 Å². The molecule has 28 heavy (non-hydrogen) atoms. The molecule has 0 atom stereocenters. The van der Waals surface area contributed by atoms with Crippen molar-refractivity contribution >= 4 is 22.5 Å². The molecule has 3 aromatic rings. The summed E-state index contributed by atoms with van der Waals surface area (Å²) in [6, 6.07) is 10.2. The highest BCUT2D eigenvalue weighted by atomic mass is 19.1. The van der Waals surface area contributed by atoms with Crippen molar-refractivity contribution in [3.05, 3.63) is 71.3 Å². The van der Waals surface area contributed by atoms with E-state index >= 15 is 0 Å². The van der Waals surface area contributed by atoms with E-state index in [1.165, 1.54) is 23.3 Å². The molecule has 5 rings (SSSR count). The Hall–Kier alpha value is -3.34. The van der Waals surface area contributed by atoms with Gasteiger partial charge >= 0.3 is 0 Å². The third-order valence-corrected chi connectivity index (χ3v) is 5.56. The molecule has 0 fully saturated rings. The predicted octanol–water partition coefficient (Wildman–Crippen LogP) is 5.89. The summed E-state index contributed by atoms with van der Waals surface area (Å²) in [7, 11) is 3.42. The molecule has 0 amide bonds. The van der Waals surface area contributed by atoms with Gasteiger partial charge in [-0.3, -0.25) is 0 Å². The summed E-state index contributed by atoms with van der Waals surface area (Å²) in [6.45, 7) is 0. The van der Waals surface area contributed by atoms with Gasteiger partial charge in [-0.25, -0.2) is 8.78 Å². The Kier molecular flexibility index (Phi) is 3.66. The van der Waals surface area contributed by atoms with Crippen LogP contribution in [-0.2, 0) is 0 Å². The number of H-pyrrole nitrogens is 1. The average Bonchev–Trinajstić information content (AvgIpc) is 3.42. The number of nitrogens with one attached hydrogen (secondary N) is 3. The number of hydrogen-bond acceptors (Lipinski definition) is 2. The summed E-state index contributed by atoms with van der Waals surface area (Å²) in [5, 5.41) is 5.80. The summed E-state index contributed by atoms with van der Waals surface area (Å²) in [4.78, 5) is 3.55. The lowest BCUT2D eigenvalue weighted by molar-refractivity contribution is 0.631. The summed E-state index contributed by atoms with van der Waals surface area (Å²) < 4.78 is 27.9. The van der Waals surface area contributed by atoms with Crippen molar-refractivity contribution in [3.63, 3.8) is 0 Å². The fourth-order valence-corrected chi connectivity index (χ4v) is 4.19. The van der Waals surface area contributed by atoms with Crippen LogP contribution in [0, 0.1) is 11.6 Å². The number of fused-ring (bicyclic) bond motifs is 5. The maximum atomic E-state index is 14.0. The van der Waals surface area contributed by atoms with E-state index in [-0.39, 0.29) is 11.6 Å². The van der Waals surface area contributed by atoms with Gasteiger partial charge in [-0.05, 0) is 54.0 Å². The lowest BCUT2D eigenvalue weighted by Gasteiger charge is -2.08. The van der Waals surface area contributed by atoms with E-state index in [0.29, 0.717) is 11.4 Å². The first kappa shape index (κ1) is 16.8. The Labute approximate surface area is 161 Å². The molecule has 0 spiro atoms. The van der Waals surface area contributed by atoms with Crippen molar-refractivity contribution in [2.75, 3.05) is 24.7 Å². The smallest absolute Gasteiger partial charge is 0.146 e. The van der Waals surface area contributed by atoms with E-state index < -0.39 is 0 Å². The zero-order chi connectivity index (χ0) is 19.4. The monoisotopic (exact) mass is 375 g/mol. The Morgan fingerprint density at radius 3 is 1.64 bits per heavy atom. The Morgan fingerprint density at radius 1 is 0.750 bits per heavy atom. The standard InChI is InChI=1S/C23H19F2N3/c1-26-18-10-14(5-7-16(18)24)22-20-12-3-4-13(9-12)21(20)23(28-22)15-6-8-17(25)19(11-15)27-2/h3-8,10-11,26-28H,9H2,1-2H3.